The van der Waals surface area contributed by atoms with E-state index >= 15 is 0 Å². The Morgan fingerprint density at radius 1 is 1.09 bits per heavy atom. The molecule has 5 heteroatoms. The number of carbonyl (C=O) groups is 1. The van der Waals surface area contributed by atoms with Crippen molar-refractivity contribution in [3.63, 3.8) is 0 Å². The lowest BCUT2D eigenvalue weighted by atomic mass is 10.1. The number of imidazole rings is 1. The van der Waals surface area contributed by atoms with Gasteiger partial charge in [-0.2, -0.15) is 0 Å². The van der Waals surface area contributed by atoms with E-state index in [4.69, 9.17) is 5.73 Å². The van der Waals surface area contributed by atoms with E-state index in [2.05, 4.69) is 4.98 Å². The Morgan fingerprint density at radius 2 is 1.91 bits per heavy atom. The van der Waals surface area contributed by atoms with E-state index in [1.54, 1.807) is 0 Å². The number of rotatable bonds is 1. The number of nitrogens with zero attached hydrogens (tertiary/aromatic N) is 3. The van der Waals surface area contributed by atoms with Gasteiger partial charge in [-0.3, -0.25) is 4.79 Å². The number of carbonyl (C=O) groups excluding carboxylic acids is 1. The van der Waals surface area contributed by atoms with Crippen LogP contribution in [-0.2, 0) is 7.05 Å². The molecule has 2 N–H and O–H groups in total. The van der Waals surface area contributed by atoms with E-state index in [1.807, 2.05) is 66.3 Å². The van der Waals surface area contributed by atoms with Crippen LogP contribution in [0.2, 0.25) is 0 Å². The average molecular weight is 290 g/mol. The molecule has 0 fully saturated rings. The Kier molecular flexibility index (Phi) is 2.56. The Morgan fingerprint density at radius 3 is 2.77 bits per heavy atom. The van der Waals surface area contributed by atoms with Crippen LogP contribution in [0.5, 0.6) is 0 Å². The topological polar surface area (TPSA) is 65.8 Å². The molecule has 0 aliphatic carbocycles. The third-order valence-corrected chi connectivity index (χ3v) is 3.92. The SMILES string of the molecule is Cn1ccc2cccc(C(=O)n3c(N)nc4ccccc43)c21. The van der Waals surface area contributed by atoms with Crippen LogP contribution in [0, 0.1) is 0 Å². The van der Waals surface area contributed by atoms with Crippen molar-refractivity contribution in [3.8, 4) is 0 Å². The highest BCUT2D eigenvalue weighted by Gasteiger charge is 2.19. The molecule has 0 bridgehead atoms. The van der Waals surface area contributed by atoms with Gasteiger partial charge in [0.05, 0.1) is 22.1 Å². The van der Waals surface area contributed by atoms with E-state index in [0.717, 1.165) is 16.4 Å². The van der Waals surface area contributed by atoms with Crippen molar-refractivity contribution in [2.75, 3.05) is 5.73 Å². The molecule has 0 atom stereocenters. The Balaban J connectivity index is 2.00. The molecule has 22 heavy (non-hydrogen) atoms. The minimum Gasteiger partial charge on any atom is -0.369 e. The number of fused-ring (bicyclic) bond motifs is 2. The average Bonchev–Trinajstić information content (AvgIpc) is 3.06. The lowest BCUT2D eigenvalue weighted by molar-refractivity contribution is 0.0968. The number of hydrogen-bond donors (Lipinski definition) is 1. The highest BCUT2D eigenvalue weighted by atomic mass is 16.2. The van der Waals surface area contributed by atoms with Crippen molar-refractivity contribution >= 4 is 33.8 Å². The Hall–Kier alpha value is -3.08. The smallest absolute Gasteiger partial charge is 0.267 e. The lowest BCUT2D eigenvalue weighted by Gasteiger charge is -2.08. The number of nitrogens with two attached hydrogens (primary N) is 1. The largest absolute Gasteiger partial charge is 0.369 e. The molecule has 0 spiro atoms. The summed E-state index contributed by atoms with van der Waals surface area (Å²) in [5.74, 6) is 0.0380. The van der Waals surface area contributed by atoms with Crippen molar-refractivity contribution < 1.29 is 4.79 Å². The lowest BCUT2D eigenvalue weighted by Crippen LogP contribution is -2.15. The van der Waals surface area contributed by atoms with Gasteiger partial charge in [0.15, 0.2) is 0 Å². The van der Waals surface area contributed by atoms with Crippen molar-refractivity contribution in [1.29, 1.82) is 0 Å². The zero-order chi connectivity index (χ0) is 15.3. The number of hydrogen-bond acceptors (Lipinski definition) is 3. The van der Waals surface area contributed by atoms with Crippen molar-refractivity contribution in [1.82, 2.24) is 14.1 Å². The molecule has 2 aromatic heterocycles. The molecule has 4 rings (SSSR count). The second-order valence-electron chi connectivity index (χ2n) is 5.27. The van der Waals surface area contributed by atoms with E-state index in [-0.39, 0.29) is 11.9 Å². The Labute approximate surface area is 126 Å². The third-order valence-electron chi connectivity index (χ3n) is 3.92. The molecule has 4 aromatic rings. The highest BCUT2D eigenvalue weighted by molar-refractivity contribution is 6.10. The molecule has 0 radical (unpaired) electrons. The summed E-state index contributed by atoms with van der Waals surface area (Å²) >= 11 is 0. The van der Waals surface area contributed by atoms with E-state index in [9.17, 15) is 4.79 Å². The highest BCUT2D eigenvalue weighted by Crippen LogP contribution is 2.24. The molecule has 0 saturated carbocycles. The van der Waals surface area contributed by atoms with Crippen molar-refractivity contribution in [2.45, 2.75) is 0 Å². The fourth-order valence-electron chi connectivity index (χ4n) is 2.91. The number of aromatic nitrogens is 3. The van der Waals surface area contributed by atoms with Crippen LogP contribution in [-0.4, -0.2) is 20.0 Å². The Bertz CT molecular complexity index is 1030. The summed E-state index contributed by atoms with van der Waals surface area (Å²) in [7, 11) is 1.93. The van der Waals surface area contributed by atoms with Gasteiger partial charge in [-0.1, -0.05) is 24.3 Å². The molecule has 0 aliphatic rings. The van der Waals surface area contributed by atoms with Crippen LogP contribution in [0.15, 0.2) is 54.7 Å². The summed E-state index contributed by atoms with van der Waals surface area (Å²) in [4.78, 5) is 17.3. The first-order chi connectivity index (χ1) is 10.7. The molecule has 108 valence electrons. The maximum atomic E-state index is 13.0. The summed E-state index contributed by atoms with van der Waals surface area (Å²) < 4.78 is 3.41. The predicted octanol–water partition coefficient (Wildman–Crippen LogP) is 2.80. The second kappa shape index (κ2) is 4.46. The van der Waals surface area contributed by atoms with Crippen molar-refractivity contribution in [3.05, 3.63) is 60.3 Å². The van der Waals surface area contributed by atoms with Crippen LogP contribution in [0.4, 0.5) is 5.95 Å². The van der Waals surface area contributed by atoms with E-state index in [0.29, 0.717) is 11.1 Å². The van der Waals surface area contributed by atoms with Gasteiger partial charge < -0.3 is 10.3 Å². The number of anilines is 1. The van der Waals surface area contributed by atoms with Gasteiger partial charge >= 0.3 is 0 Å². The van der Waals surface area contributed by atoms with Crippen LogP contribution in [0.25, 0.3) is 21.9 Å². The summed E-state index contributed by atoms with van der Waals surface area (Å²) in [6.07, 6.45) is 1.94. The summed E-state index contributed by atoms with van der Waals surface area (Å²) in [6, 6.07) is 15.1. The molecule has 0 amide bonds. The molecular weight excluding hydrogens is 276 g/mol. The summed E-state index contributed by atoms with van der Waals surface area (Å²) in [5, 5.41) is 1.02. The maximum Gasteiger partial charge on any atom is 0.267 e. The van der Waals surface area contributed by atoms with Crippen LogP contribution in [0.1, 0.15) is 10.4 Å². The number of benzene rings is 2. The normalized spacial score (nSPS) is 11.3. The second-order valence-corrected chi connectivity index (χ2v) is 5.27. The first-order valence-electron chi connectivity index (χ1n) is 6.98. The molecule has 2 aromatic carbocycles. The maximum absolute atomic E-state index is 13.0. The van der Waals surface area contributed by atoms with Gasteiger partial charge in [0.1, 0.15) is 0 Å². The summed E-state index contributed by atoms with van der Waals surface area (Å²) in [5.41, 5.74) is 8.91. The molecule has 0 aliphatic heterocycles. The number of aryl methyl sites for hydroxylation is 1. The van der Waals surface area contributed by atoms with E-state index in [1.165, 1.54) is 4.57 Å². The van der Waals surface area contributed by atoms with Gasteiger partial charge in [0, 0.05) is 18.6 Å². The standard InChI is InChI=1S/C17H14N4O/c1-20-10-9-11-5-4-6-12(15(11)20)16(22)21-14-8-3-2-7-13(14)19-17(21)18/h2-10H,1H3,(H2,18,19). The van der Waals surface area contributed by atoms with Gasteiger partial charge in [-0.05, 0) is 24.3 Å². The first kappa shape index (κ1) is 12.6. The fourth-order valence-corrected chi connectivity index (χ4v) is 2.91. The molecule has 0 saturated heterocycles. The van der Waals surface area contributed by atoms with Crippen LogP contribution < -0.4 is 5.73 Å². The quantitative estimate of drug-likeness (QED) is 0.586. The van der Waals surface area contributed by atoms with Crippen molar-refractivity contribution in [2.24, 2.45) is 7.05 Å². The molecule has 0 unspecified atom stereocenters. The monoisotopic (exact) mass is 290 g/mol. The number of para-hydroxylation sites is 3. The zero-order valence-corrected chi connectivity index (χ0v) is 12.0. The minimum absolute atomic E-state index is 0.168. The molecule has 2 heterocycles. The summed E-state index contributed by atoms with van der Waals surface area (Å²) in [6.45, 7) is 0. The van der Waals surface area contributed by atoms with Crippen LogP contribution >= 0.6 is 0 Å². The number of nitrogen functional groups attached to an aromatic ring is 1. The van der Waals surface area contributed by atoms with Gasteiger partial charge in [-0.15, -0.1) is 0 Å². The fraction of sp³-hybridized carbons (Fsp3) is 0.0588. The predicted molar refractivity (Wildman–Crippen MR) is 86.8 cm³/mol. The van der Waals surface area contributed by atoms with Gasteiger partial charge in [0.25, 0.3) is 5.91 Å². The van der Waals surface area contributed by atoms with E-state index < -0.39 is 0 Å². The molecular formula is C17H14N4O. The molecule has 5 nitrogen and oxygen atoms in total. The van der Waals surface area contributed by atoms with Gasteiger partial charge in [0.2, 0.25) is 5.95 Å². The van der Waals surface area contributed by atoms with Gasteiger partial charge in [-0.25, -0.2) is 9.55 Å². The van der Waals surface area contributed by atoms with Crippen LogP contribution in [0.3, 0.4) is 0 Å². The zero-order valence-electron chi connectivity index (χ0n) is 12.0. The minimum atomic E-state index is -0.168. The third kappa shape index (κ3) is 1.65. The first-order valence-corrected chi connectivity index (χ1v) is 6.98.